The topological polar surface area (TPSA) is 43.1 Å². The Bertz CT molecular complexity index is 491. The number of non-ortho nitro benzene ring substituents is 1. The maximum Gasteiger partial charge on any atom is 0.417 e. The van der Waals surface area contributed by atoms with Crippen molar-refractivity contribution in [2.45, 2.75) is 19.3 Å². The highest BCUT2D eigenvalue weighted by Crippen LogP contribution is 2.43. The van der Waals surface area contributed by atoms with Crippen molar-refractivity contribution < 1.29 is 31.3 Å². The number of hydrogen-bond acceptors (Lipinski definition) is 2. The zero-order chi connectivity index (χ0) is 14.3. The van der Waals surface area contributed by atoms with Crippen molar-refractivity contribution in [3.63, 3.8) is 0 Å². The number of hydrogen-bond donors (Lipinski definition) is 0. The van der Waals surface area contributed by atoms with E-state index in [2.05, 4.69) is 0 Å². The molecule has 0 heterocycles. The molecule has 100 valence electrons. The Labute approximate surface area is 96.2 Å². The Morgan fingerprint density at radius 1 is 1.06 bits per heavy atom. The molecule has 0 saturated carbocycles. The zero-order valence-corrected chi connectivity index (χ0v) is 8.69. The minimum Gasteiger partial charge on any atom is -0.258 e. The van der Waals surface area contributed by atoms with Gasteiger partial charge in [-0.05, 0) is 12.5 Å². The van der Waals surface area contributed by atoms with E-state index in [1.165, 1.54) is 0 Å². The molecular weight excluding hydrogens is 268 g/mol. The van der Waals surface area contributed by atoms with Gasteiger partial charge in [0.2, 0.25) is 0 Å². The van der Waals surface area contributed by atoms with Gasteiger partial charge in [0.25, 0.3) is 5.69 Å². The molecule has 0 N–H and O–H groups in total. The number of nitro groups is 1. The van der Waals surface area contributed by atoms with Gasteiger partial charge in [-0.3, -0.25) is 10.1 Å². The van der Waals surface area contributed by atoms with Crippen LogP contribution in [0, 0.1) is 17.0 Å². The van der Waals surface area contributed by atoms with Crippen molar-refractivity contribution in [1.82, 2.24) is 0 Å². The van der Waals surface area contributed by atoms with Crippen LogP contribution < -0.4 is 0 Å². The number of nitro benzene ring substituents is 1. The van der Waals surface area contributed by atoms with E-state index in [1.54, 1.807) is 0 Å². The van der Waals surface area contributed by atoms with Crippen molar-refractivity contribution in [2.24, 2.45) is 0 Å². The van der Waals surface area contributed by atoms with E-state index >= 15 is 0 Å². The number of halogens is 6. The lowest BCUT2D eigenvalue weighted by Crippen LogP contribution is -2.18. The van der Waals surface area contributed by atoms with Crippen LogP contribution in [0.15, 0.2) is 12.1 Å². The first-order valence-electron chi connectivity index (χ1n) is 4.38. The monoisotopic (exact) mass is 273 g/mol. The maximum atomic E-state index is 12.5. The van der Waals surface area contributed by atoms with Crippen molar-refractivity contribution in [2.75, 3.05) is 0 Å². The van der Waals surface area contributed by atoms with Crippen LogP contribution in [0.5, 0.6) is 0 Å². The van der Waals surface area contributed by atoms with Gasteiger partial charge in [0.15, 0.2) is 0 Å². The second-order valence-corrected chi connectivity index (χ2v) is 3.44. The van der Waals surface area contributed by atoms with E-state index in [0.29, 0.717) is 6.07 Å². The van der Waals surface area contributed by atoms with E-state index in [-0.39, 0.29) is 6.07 Å². The van der Waals surface area contributed by atoms with Crippen LogP contribution in [0.2, 0.25) is 0 Å². The van der Waals surface area contributed by atoms with Gasteiger partial charge >= 0.3 is 12.4 Å². The Hall–Kier alpha value is -1.80. The normalized spacial score (nSPS) is 12.6. The fraction of sp³-hybridized carbons (Fsp3) is 0.333. The summed E-state index contributed by atoms with van der Waals surface area (Å²) in [7, 11) is 0. The van der Waals surface area contributed by atoms with Gasteiger partial charge in [-0.15, -0.1) is 0 Å². The molecule has 0 saturated heterocycles. The minimum absolute atomic E-state index is 0.115. The Morgan fingerprint density at radius 2 is 1.56 bits per heavy atom. The molecule has 1 rings (SSSR count). The van der Waals surface area contributed by atoms with Crippen LogP contribution in [-0.2, 0) is 12.4 Å². The van der Waals surface area contributed by atoms with Gasteiger partial charge in [-0.25, -0.2) is 0 Å². The van der Waals surface area contributed by atoms with Gasteiger partial charge in [0, 0.05) is 12.1 Å². The van der Waals surface area contributed by atoms with E-state index in [9.17, 15) is 36.5 Å². The maximum absolute atomic E-state index is 12.5. The molecule has 18 heavy (non-hydrogen) atoms. The third-order valence-electron chi connectivity index (χ3n) is 2.12. The van der Waals surface area contributed by atoms with Gasteiger partial charge in [-0.1, -0.05) is 0 Å². The van der Waals surface area contributed by atoms with Crippen LogP contribution in [0.3, 0.4) is 0 Å². The summed E-state index contributed by atoms with van der Waals surface area (Å²) in [5, 5.41) is 10.4. The summed E-state index contributed by atoms with van der Waals surface area (Å²) < 4.78 is 74.9. The lowest BCUT2D eigenvalue weighted by Gasteiger charge is -2.17. The minimum atomic E-state index is -5.32. The Morgan fingerprint density at radius 3 is 1.89 bits per heavy atom. The highest BCUT2D eigenvalue weighted by atomic mass is 19.4. The van der Waals surface area contributed by atoms with Crippen LogP contribution in [0.25, 0.3) is 0 Å². The lowest BCUT2D eigenvalue weighted by atomic mass is 10.00. The molecule has 9 heteroatoms. The zero-order valence-electron chi connectivity index (χ0n) is 8.69. The van der Waals surface area contributed by atoms with Crippen molar-refractivity contribution in [3.05, 3.63) is 38.9 Å². The molecular formula is C9H5F6NO2. The second-order valence-electron chi connectivity index (χ2n) is 3.44. The van der Waals surface area contributed by atoms with Crippen LogP contribution in [-0.4, -0.2) is 4.92 Å². The predicted molar refractivity (Wildman–Crippen MR) is 47.8 cm³/mol. The van der Waals surface area contributed by atoms with E-state index in [0.717, 1.165) is 6.92 Å². The molecule has 1 aromatic rings. The average Bonchev–Trinajstić information content (AvgIpc) is 2.12. The first kappa shape index (κ1) is 14.3. The van der Waals surface area contributed by atoms with Gasteiger partial charge < -0.3 is 0 Å². The standard InChI is InChI=1S/C9H5F6NO2/c1-4-2-5(16(17)18)3-6(8(10,11)12)7(4)9(13,14)15/h2-3H,1H3. The van der Waals surface area contributed by atoms with Crippen molar-refractivity contribution in [3.8, 4) is 0 Å². The molecule has 0 atom stereocenters. The van der Waals surface area contributed by atoms with E-state index in [4.69, 9.17) is 0 Å². The number of aryl methyl sites for hydroxylation is 1. The number of rotatable bonds is 1. The summed E-state index contributed by atoms with van der Waals surface area (Å²) >= 11 is 0. The summed E-state index contributed by atoms with van der Waals surface area (Å²) in [5.41, 5.74) is -5.83. The molecule has 3 nitrogen and oxygen atoms in total. The van der Waals surface area contributed by atoms with Crippen LogP contribution >= 0.6 is 0 Å². The highest BCUT2D eigenvalue weighted by Gasteiger charge is 2.45. The molecule has 1 aromatic carbocycles. The Balaban J connectivity index is 3.67. The molecule has 0 aliphatic heterocycles. The fourth-order valence-electron chi connectivity index (χ4n) is 1.47. The number of benzene rings is 1. The first-order valence-corrected chi connectivity index (χ1v) is 4.38. The van der Waals surface area contributed by atoms with Crippen molar-refractivity contribution in [1.29, 1.82) is 0 Å². The molecule has 0 radical (unpaired) electrons. The summed E-state index contributed by atoms with van der Waals surface area (Å²) in [4.78, 5) is 9.17. The molecule has 0 fully saturated rings. The van der Waals surface area contributed by atoms with Crippen molar-refractivity contribution >= 4 is 5.69 Å². The summed E-state index contributed by atoms with van der Waals surface area (Å²) in [6.07, 6.45) is -10.5. The molecule has 0 bridgehead atoms. The average molecular weight is 273 g/mol. The fourth-order valence-corrected chi connectivity index (χ4v) is 1.47. The molecule has 0 amide bonds. The lowest BCUT2D eigenvalue weighted by molar-refractivity contribution is -0.385. The SMILES string of the molecule is Cc1cc([N+](=O)[O-])cc(C(F)(F)F)c1C(F)(F)F. The van der Waals surface area contributed by atoms with Gasteiger partial charge in [0.1, 0.15) is 0 Å². The number of nitrogens with zero attached hydrogens (tertiary/aromatic N) is 1. The first-order chi connectivity index (χ1) is 7.94. The summed E-state index contributed by atoms with van der Waals surface area (Å²) in [6.45, 7) is 0.741. The smallest absolute Gasteiger partial charge is 0.258 e. The van der Waals surface area contributed by atoms with E-state index < -0.39 is 39.7 Å². The third-order valence-corrected chi connectivity index (χ3v) is 2.12. The summed E-state index contributed by atoms with van der Waals surface area (Å²) in [5.74, 6) is 0. The predicted octanol–water partition coefficient (Wildman–Crippen LogP) is 3.94. The largest absolute Gasteiger partial charge is 0.417 e. The summed E-state index contributed by atoms with van der Waals surface area (Å²) in [6, 6.07) is 0.341. The van der Waals surface area contributed by atoms with Crippen LogP contribution in [0.4, 0.5) is 32.0 Å². The quantitative estimate of drug-likeness (QED) is 0.442. The molecule has 0 aliphatic carbocycles. The molecule has 0 spiro atoms. The molecule has 0 unspecified atom stereocenters. The van der Waals surface area contributed by atoms with Crippen LogP contribution in [0.1, 0.15) is 16.7 Å². The highest BCUT2D eigenvalue weighted by molar-refractivity contribution is 5.47. The second kappa shape index (κ2) is 4.14. The third kappa shape index (κ3) is 2.71. The van der Waals surface area contributed by atoms with Gasteiger partial charge in [0.05, 0.1) is 16.1 Å². The molecule has 0 aromatic heterocycles. The molecule has 0 aliphatic rings. The number of alkyl halides is 6. The Kier molecular flexibility index (Phi) is 3.28. The van der Waals surface area contributed by atoms with Gasteiger partial charge in [-0.2, -0.15) is 26.3 Å². The van der Waals surface area contributed by atoms with E-state index in [1.807, 2.05) is 0 Å².